The second-order valence-corrected chi connectivity index (χ2v) is 8.16. The van der Waals surface area contributed by atoms with E-state index in [9.17, 15) is 13.2 Å². The van der Waals surface area contributed by atoms with Crippen molar-refractivity contribution in [1.29, 1.82) is 0 Å². The Hall–Kier alpha value is -3.56. The zero-order chi connectivity index (χ0) is 25.6. The van der Waals surface area contributed by atoms with Gasteiger partial charge in [0.05, 0.1) is 5.56 Å². The second-order valence-electron chi connectivity index (χ2n) is 8.16. The van der Waals surface area contributed by atoms with Gasteiger partial charge in [0.25, 0.3) is 0 Å². The van der Waals surface area contributed by atoms with E-state index in [1.54, 1.807) is 12.1 Å². The fourth-order valence-corrected chi connectivity index (χ4v) is 4.03. The van der Waals surface area contributed by atoms with Gasteiger partial charge in [-0.2, -0.15) is 13.2 Å². The highest BCUT2D eigenvalue weighted by atomic mass is 19.4. The maximum atomic E-state index is 12.8. The van der Waals surface area contributed by atoms with Crippen molar-refractivity contribution in [2.45, 2.75) is 44.7 Å². The highest BCUT2D eigenvalue weighted by Crippen LogP contribution is 2.40. The van der Waals surface area contributed by atoms with Gasteiger partial charge in [-0.3, -0.25) is 4.99 Å². The van der Waals surface area contributed by atoms with E-state index in [2.05, 4.69) is 13.0 Å². The molecule has 2 aliphatic heterocycles. The molecule has 0 bridgehead atoms. The lowest BCUT2D eigenvalue weighted by molar-refractivity contribution is -0.159. The third-order valence-electron chi connectivity index (χ3n) is 5.72. The molecule has 0 amide bonds. The molecule has 2 aromatic carbocycles. The normalized spacial score (nSPS) is 16.3. The third kappa shape index (κ3) is 6.74. The number of rotatable bonds is 5. The minimum absolute atomic E-state index is 0.362. The van der Waals surface area contributed by atoms with Crippen molar-refractivity contribution in [2.24, 2.45) is 4.99 Å². The zero-order valence-electron chi connectivity index (χ0n) is 19.1. The molecule has 2 aliphatic rings. The highest BCUT2D eigenvalue weighted by molar-refractivity contribution is 6.27. The van der Waals surface area contributed by atoms with E-state index in [1.807, 2.05) is 6.07 Å². The molecule has 0 radical (unpaired) electrons. The molecule has 10 heteroatoms. The molecule has 0 saturated carbocycles. The van der Waals surface area contributed by atoms with Crippen molar-refractivity contribution < 1.29 is 42.4 Å². The molecule has 2 N–H and O–H groups in total. The number of fused-ring (bicyclic) bond motifs is 2. The van der Waals surface area contributed by atoms with Crippen molar-refractivity contribution >= 4 is 17.7 Å². The number of aliphatic carboxylic acids is 2. The minimum atomic E-state index is -4.31. The van der Waals surface area contributed by atoms with Crippen LogP contribution in [0, 0.1) is 0 Å². The van der Waals surface area contributed by atoms with Gasteiger partial charge in [0.1, 0.15) is 13.2 Å². The van der Waals surface area contributed by atoms with E-state index in [4.69, 9.17) is 34.3 Å². The minimum Gasteiger partial charge on any atom is -0.486 e. The van der Waals surface area contributed by atoms with Crippen LogP contribution in [0.3, 0.4) is 0 Å². The van der Waals surface area contributed by atoms with Crippen molar-refractivity contribution in [3.8, 4) is 11.5 Å². The number of nitrogens with zero attached hydrogens (tertiary/aromatic N) is 1. The molecule has 0 aromatic heterocycles. The smallest absolute Gasteiger partial charge is 0.416 e. The van der Waals surface area contributed by atoms with Crippen LogP contribution in [0.5, 0.6) is 11.5 Å². The summed E-state index contributed by atoms with van der Waals surface area (Å²) in [5.41, 5.74) is 3.58. The lowest BCUT2D eigenvalue weighted by atomic mass is 9.84. The van der Waals surface area contributed by atoms with Crippen molar-refractivity contribution in [3.63, 3.8) is 0 Å². The van der Waals surface area contributed by atoms with Crippen LogP contribution in [-0.2, 0) is 22.2 Å². The number of carboxylic acid groups (broad SMARTS) is 2. The zero-order valence-corrected chi connectivity index (χ0v) is 19.1. The van der Waals surface area contributed by atoms with Crippen LogP contribution in [0.4, 0.5) is 13.2 Å². The van der Waals surface area contributed by atoms with Crippen LogP contribution < -0.4 is 9.47 Å². The molecular formula is C25H26F3NO6. The van der Waals surface area contributed by atoms with E-state index in [0.29, 0.717) is 32.0 Å². The van der Waals surface area contributed by atoms with Crippen LogP contribution >= 0.6 is 0 Å². The first-order chi connectivity index (χ1) is 16.6. The van der Waals surface area contributed by atoms with Crippen molar-refractivity contribution in [2.75, 3.05) is 19.8 Å². The Morgan fingerprint density at radius 3 is 2.14 bits per heavy atom. The van der Waals surface area contributed by atoms with Crippen molar-refractivity contribution in [1.82, 2.24) is 0 Å². The summed E-state index contributed by atoms with van der Waals surface area (Å²) < 4.78 is 49.8. The Morgan fingerprint density at radius 1 is 1.00 bits per heavy atom. The van der Waals surface area contributed by atoms with Gasteiger partial charge in [0.2, 0.25) is 0 Å². The van der Waals surface area contributed by atoms with Crippen molar-refractivity contribution in [3.05, 3.63) is 58.7 Å². The number of ether oxygens (including phenoxy) is 2. The molecule has 2 aromatic rings. The molecule has 0 fully saturated rings. The van der Waals surface area contributed by atoms with Gasteiger partial charge in [0, 0.05) is 23.7 Å². The maximum absolute atomic E-state index is 12.8. The summed E-state index contributed by atoms with van der Waals surface area (Å²) in [5.74, 6) is -1.75. The number of benzene rings is 2. The van der Waals surface area contributed by atoms with Gasteiger partial charge in [-0.1, -0.05) is 25.5 Å². The Bertz CT molecular complexity index is 1080. The molecule has 2 heterocycles. The van der Waals surface area contributed by atoms with Crippen LogP contribution in [0.15, 0.2) is 41.4 Å². The quantitative estimate of drug-likeness (QED) is 0.571. The Labute approximate surface area is 200 Å². The summed E-state index contributed by atoms with van der Waals surface area (Å²) in [6.45, 7) is 3.99. The Kier molecular flexibility index (Phi) is 8.37. The van der Waals surface area contributed by atoms with Gasteiger partial charge < -0.3 is 19.7 Å². The SMILES string of the molecule is CCCC1CN=C(CCc2ccc(C(F)(F)F)cc2)c2cc3c(cc21)OCCO3.O=C(O)C(=O)O. The monoisotopic (exact) mass is 493 g/mol. The lowest BCUT2D eigenvalue weighted by Gasteiger charge is -2.28. The summed E-state index contributed by atoms with van der Waals surface area (Å²) in [7, 11) is 0. The topological polar surface area (TPSA) is 105 Å². The number of carboxylic acids is 2. The number of hydrogen-bond donors (Lipinski definition) is 2. The fourth-order valence-electron chi connectivity index (χ4n) is 4.03. The second kappa shape index (κ2) is 11.2. The molecule has 0 saturated heterocycles. The lowest BCUT2D eigenvalue weighted by Crippen LogP contribution is -2.21. The largest absolute Gasteiger partial charge is 0.486 e. The van der Waals surface area contributed by atoms with Gasteiger partial charge in [-0.05, 0) is 54.7 Å². The number of alkyl halides is 3. The average Bonchev–Trinajstić information content (AvgIpc) is 2.82. The number of aryl methyl sites for hydroxylation is 1. The summed E-state index contributed by atoms with van der Waals surface area (Å²) in [6, 6.07) is 9.51. The predicted molar refractivity (Wildman–Crippen MR) is 122 cm³/mol. The number of aliphatic imine (C=N–C) groups is 1. The molecule has 0 spiro atoms. The van der Waals surface area contributed by atoms with Crippen LogP contribution in [0.2, 0.25) is 0 Å². The van der Waals surface area contributed by atoms with E-state index in [1.165, 1.54) is 5.56 Å². The Morgan fingerprint density at radius 2 is 1.60 bits per heavy atom. The van der Waals surface area contributed by atoms with Gasteiger partial charge >= 0.3 is 18.1 Å². The molecule has 1 atom stereocenters. The number of halogens is 3. The predicted octanol–water partition coefficient (Wildman–Crippen LogP) is 4.95. The molecule has 0 aliphatic carbocycles. The van der Waals surface area contributed by atoms with Crippen LogP contribution in [-0.4, -0.2) is 47.6 Å². The summed E-state index contributed by atoms with van der Waals surface area (Å²) in [6.07, 6.45) is -0.849. The number of hydrogen-bond acceptors (Lipinski definition) is 5. The molecule has 7 nitrogen and oxygen atoms in total. The van der Waals surface area contributed by atoms with E-state index in [0.717, 1.165) is 59.9 Å². The molecule has 1 unspecified atom stereocenters. The van der Waals surface area contributed by atoms with Gasteiger partial charge in [0.15, 0.2) is 11.5 Å². The van der Waals surface area contributed by atoms with Crippen LogP contribution in [0.1, 0.15) is 54.4 Å². The standard InChI is InChI=1S/C23H24F3NO2.C2H2O4/c1-2-3-16-14-27-20(9-6-15-4-7-17(8-5-15)23(24,25)26)19-13-22-21(12-18(16)19)28-10-11-29-22;3-1(4)2(5)6/h4-5,7-8,12-13,16H,2-3,6,9-11,14H2,1H3;(H,3,4)(H,5,6). The Balaban J connectivity index is 0.000000509. The third-order valence-corrected chi connectivity index (χ3v) is 5.72. The summed E-state index contributed by atoms with van der Waals surface area (Å²) in [4.78, 5) is 23.0. The highest BCUT2D eigenvalue weighted by Gasteiger charge is 2.30. The molecule has 4 rings (SSSR count). The summed E-state index contributed by atoms with van der Waals surface area (Å²) >= 11 is 0. The van der Waals surface area contributed by atoms with Gasteiger partial charge in [-0.15, -0.1) is 0 Å². The van der Waals surface area contributed by atoms with Gasteiger partial charge in [-0.25, -0.2) is 9.59 Å². The molecule has 35 heavy (non-hydrogen) atoms. The first-order valence-corrected chi connectivity index (χ1v) is 11.2. The summed E-state index contributed by atoms with van der Waals surface area (Å²) in [5, 5.41) is 14.8. The van der Waals surface area contributed by atoms with E-state index < -0.39 is 23.7 Å². The maximum Gasteiger partial charge on any atom is 0.416 e. The fraction of sp³-hybridized carbons (Fsp3) is 0.400. The average molecular weight is 493 g/mol. The molecular weight excluding hydrogens is 467 g/mol. The van der Waals surface area contributed by atoms with Crippen LogP contribution in [0.25, 0.3) is 0 Å². The number of carbonyl (C=O) groups is 2. The first kappa shape index (κ1) is 26.1. The molecule has 188 valence electrons. The first-order valence-electron chi connectivity index (χ1n) is 11.2. The van der Waals surface area contributed by atoms with E-state index >= 15 is 0 Å². The van der Waals surface area contributed by atoms with E-state index in [-0.39, 0.29) is 0 Å².